The van der Waals surface area contributed by atoms with Crippen molar-refractivity contribution < 1.29 is 89.9 Å². The van der Waals surface area contributed by atoms with Crippen molar-refractivity contribution in [2.45, 2.75) is 11.8 Å². The summed E-state index contributed by atoms with van der Waals surface area (Å²) in [6.45, 7) is 1.57. The topological polar surface area (TPSA) is 183 Å². The van der Waals surface area contributed by atoms with E-state index in [1.807, 2.05) is 6.07 Å². The average molecular weight is 657 g/mol. The Morgan fingerprint density at radius 2 is 1.65 bits per heavy atom. The molecule has 0 aliphatic heterocycles. The van der Waals surface area contributed by atoms with Crippen molar-refractivity contribution in [2.75, 3.05) is 29.6 Å². The third-order valence-electron chi connectivity index (χ3n) is 6.04. The minimum Gasteiger partial charge on any atom is -0.748 e. The summed E-state index contributed by atoms with van der Waals surface area (Å²) in [5.74, 6) is -1.17. The summed E-state index contributed by atoms with van der Waals surface area (Å²) in [7, 11) is -7.38. The molecule has 0 aliphatic carbocycles. The number of nitriles is 1. The number of aromatic nitrogens is 1. The van der Waals surface area contributed by atoms with Gasteiger partial charge >= 0.3 is 59.1 Å². The van der Waals surface area contributed by atoms with Gasteiger partial charge in [0.2, 0.25) is 0 Å². The smallest absolute Gasteiger partial charge is 0.748 e. The maximum Gasteiger partial charge on any atom is 1.00 e. The van der Waals surface area contributed by atoms with Crippen LogP contribution in [0.4, 0.5) is 11.4 Å². The van der Waals surface area contributed by atoms with Gasteiger partial charge in [0.1, 0.15) is 26.8 Å². The molecule has 16 heteroatoms. The first-order valence-electron chi connectivity index (χ1n) is 11.9. The Bertz CT molecular complexity index is 1920. The Balaban J connectivity index is 0.00000323. The van der Waals surface area contributed by atoms with Gasteiger partial charge < -0.3 is 19.3 Å². The molecule has 0 saturated carbocycles. The first-order valence-corrected chi connectivity index (χ1v) is 15.7. The number of carbonyl (C=O) groups excluding carboxylic acids is 1. The SMILES string of the molecule is Cc1ccc2nc(-c3ccc(NC(=O)/C(C#N)=C/c4ccc(N(C)CCS(=O)(=O)[O-])cc4)cc3)sc2c1S(=O)(=O)[O-].[Na+].[Na+]. The van der Waals surface area contributed by atoms with E-state index in [0.717, 1.165) is 11.3 Å². The summed E-state index contributed by atoms with van der Waals surface area (Å²) >= 11 is 1.08. The van der Waals surface area contributed by atoms with Gasteiger partial charge in [-0.15, -0.1) is 11.3 Å². The van der Waals surface area contributed by atoms with Crippen LogP contribution in [0.3, 0.4) is 0 Å². The zero-order valence-electron chi connectivity index (χ0n) is 23.7. The molecular weight excluding hydrogens is 634 g/mol. The second kappa shape index (κ2) is 15.2. The molecule has 4 aromatic rings. The van der Waals surface area contributed by atoms with Crippen molar-refractivity contribution in [3.8, 4) is 16.6 Å². The fraction of sp³-hybridized carbons (Fsp3) is 0.148. The monoisotopic (exact) mass is 656 g/mol. The molecule has 4 rings (SSSR count). The van der Waals surface area contributed by atoms with Crippen molar-refractivity contribution in [1.82, 2.24) is 4.98 Å². The standard InChI is InChI=1S/C27H24N4O7S3.2Na/c1-17-3-12-23-24(25(17)41(36,37)38)39-27(30-23)19-6-8-21(9-7-19)29-26(32)20(16-28)15-18-4-10-22(11-5-18)31(2)13-14-40(33,34)35;;/h3-12,15H,13-14H2,1-2H3,(H,29,32)(H,33,34,35)(H,36,37,38);;/q;2*+1/p-2/b20-15+;;. The normalized spacial score (nSPS) is 11.7. The molecule has 0 radical (unpaired) electrons. The van der Waals surface area contributed by atoms with Gasteiger partial charge in [0.15, 0.2) is 0 Å². The Kier molecular flexibility index (Phi) is 13.1. The number of benzene rings is 3. The Morgan fingerprint density at radius 1 is 1.02 bits per heavy atom. The van der Waals surface area contributed by atoms with Crippen LogP contribution in [0.2, 0.25) is 0 Å². The zero-order chi connectivity index (χ0) is 29.9. The van der Waals surface area contributed by atoms with Crippen LogP contribution in [0, 0.1) is 18.3 Å². The van der Waals surface area contributed by atoms with Crippen molar-refractivity contribution in [3.63, 3.8) is 0 Å². The van der Waals surface area contributed by atoms with E-state index in [9.17, 15) is 36.0 Å². The maximum atomic E-state index is 12.7. The summed E-state index contributed by atoms with van der Waals surface area (Å²) in [4.78, 5) is 18.5. The van der Waals surface area contributed by atoms with Gasteiger partial charge in [-0.2, -0.15) is 5.26 Å². The summed E-state index contributed by atoms with van der Waals surface area (Å²) in [5, 5.41) is 12.7. The van der Waals surface area contributed by atoms with Crippen LogP contribution in [-0.4, -0.2) is 56.2 Å². The van der Waals surface area contributed by atoms with Gasteiger partial charge in [-0.25, -0.2) is 21.8 Å². The van der Waals surface area contributed by atoms with E-state index in [1.165, 1.54) is 12.1 Å². The molecule has 1 heterocycles. The predicted octanol–water partition coefficient (Wildman–Crippen LogP) is -2.29. The third-order valence-corrected chi connectivity index (χ3v) is 9.01. The molecule has 0 fully saturated rings. The largest absolute Gasteiger partial charge is 1.00 e. The maximum absolute atomic E-state index is 12.7. The quantitative estimate of drug-likeness (QED) is 0.0891. The molecule has 0 atom stereocenters. The van der Waals surface area contributed by atoms with E-state index in [0.29, 0.717) is 38.6 Å². The molecule has 1 N–H and O–H groups in total. The fourth-order valence-electron chi connectivity index (χ4n) is 3.91. The molecule has 3 aromatic carbocycles. The molecule has 0 unspecified atom stereocenters. The van der Waals surface area contributed by atoms with Gasteiger partial charge in [-0.1, -0.05) is 18.2 Å². The number of hydrogen-bond donors (Lipinski definition) is 1. The van der Waals surface area contributed by atoms with Crippen molar-refractivity contribution in [1.29, 1.82) is 5.26 Å². The third kappa shape index (κ3) is 9.68. The van der Waals surface area contributed by atoms with E-state index in [1.54, 1.807) is 73.5 Å². The minimum absolute atomic E-state index is 0. The van der Waals surface area contributed by atoms with Gasteiger partial charge in [-0.3, -0.25) is 4.79 Å². The van der Waals surface area contributed by atoms with E-state index in [-0.39, 0.29) is 80.8 Å². The summed E-state index contributed by atoms with van der Waals surface area (Å²) < 4.78 is 68.2. The van der Waals surface area contributed by atoms with Gasteiger partial charge in [0, 0.05) is 30.5 Å². The van der Waals surface area contributed by atoms with E-state index < -0.39 is 31.9 Å². The van der Waals surface area contributed by atoms with Crippen LogP contribution in [0.1, 0.15) is 11.1 Å². The second-order valence-electron chi connectivity index (χ2n) is 9.01. The number of hydrogen-bond acceptors (Lipinski definition) is 11. The number of nitrogens with one attached hydrogen (secondary N) is 1. The zero-order valence-corrected chi connectivity index (χ0v) is 30.1. The molecule has 1 aromatic heterocycles. The van der Waals surface area contributed by atoms with E-state index in [4.69, 9.17) is 0 Å². The van der Waals surface area contributed by atoms with Crippen LogP contribution in [0.15, 0.2) is 71.1 Å². The summed E-state index contributed by atoms with van der Waals surface area (Å²) in [6, 6.07) is 18.3. The molecule has 0 bridgehead atoms. The van der Waals surface area contributed by atoms with Crippen LogP contribution >= 0.6 is 11.3 Å². The number of fused-ring (bicyclic) bond motifs is 1. The van der Waals surface area contributed by atoms with E-state index in [2.05, 4.69) is 10.3 Å². The number of thiazole rings is 1. The number of amides is 1. The molecule has 0 saturated heterocycles. The molecule has 212 valence electrons. The minimum atomic E-state index is -4.69. The van der Waals surface area contributed by atoms with Crippen molar-refractivity contribution in [2.24, 2.45) is 0 Å². The Labute approximate surface area is 297 Å². The second-order valence-corrected chi connectivity index (χ2v) is 12.8. The fourth-order valence-corrected chi connectivity index (χ4v) is 6.70. The van der Waals surface area contributed by atoms with Crippen molar-refractivity contribution in [3.05, 3.63) is 77.4 Å². The van der Waals surface area contributed by atoms with Gasteiger partial charge in [0.05, 0.1) is 31.0 Å². The number of rotatable bonds is 9. The first-order chi connectivity index (χ1) is 19.2. The molecule has 0 spiro atoms. The predicted molar refractivity (Wildman–Crippen MR) is 154 cm³/mol. The average Bonchev–Trinajstić information content (AvgIpc) is 3.33. The number of nitrogens with zero attached hydrogens (tertiary/aromatic N) is 3. The van der Waals surface area contributed by atoms with Gasteiger partial charge in [-0.05, 0) is 66.6 Å². The number of carbonyl (C=O) groups is 1. The van der Waals surface area contributed by atoms with Crippen LogP contribution in [0.25, 0.3) is 26.9 Å². The number of aryl methyl sites for hydroxylation is 1. The molecule has 0 aliphatic rings. The molecule has 1 amide bonds. The van der Waals surface area contributed by atoms with E-state index >= 15 is 0 Å². The number of anilines is 2. The first kappa shape index (κ1) is 37.1. The summed E-state index contributed by atoms with van der Waals surface area (Å²) in [5.41, 5.74) is 2.85. The Morgan fingerprint density at radius 3 is 2.21 bits per heavy atom. The summed E-state index contributed by atoms with van der Waals surface area (Å²) in [6.07, 6.45) is 1.40. The van der Waals surface area contributed by atoms with Gasteiger partial charge in [0.25, 0.3) is 5.91 Å². The van der Waals surface area contributed by atoms with Crippen LogP contribution < -0.4 is 69.3 Å². The van der Waals surface area contributed by atoms with Crippen LogP contribution in [0.5, 0.6) is 0 Å². The Hall–Kier alpha value is -2.13. The molecule has 11 nitrogen and oxygen atoms in total. The van der Waals surface area contributed by atoms with Crippen LogP contribution in [-0.2, 0) is 25.0 Å². The molecular formula is C27H22N4Na2O7S3. The van der Waals surface area contributed by atoms with Crippen molar-refractivity contribution >= 4 is 65.1 Å². The molecule has 43 heavy (non-hydrogen) atoms.